The zero-order valence-electron chi connectivity index (χ0n) is 10.1. The summed E-state index contributed by atoms with van der Waals surface area (Å²) in [6.07, 6.45) is 0. The zero-order chi connectivity index (χ0) is 12.3. The van der Waals surface area contributed by atoms with Crippen LogP contribution in [0.4, 0.5) is 5.13 Å². The third kappa shape index (κ3) is 3.19. The van der Waals surface area contributed by atoms with Gasteiger partial charge in [0.05, 0.1) is 16.5 Å². The smallest absolute Gasteiger partial charge is 0.205 e. The van der Waals surface area contributed by atoms with Crippen molar-refractivity contribution in [3.63, 3.8) is 0 Å². The molecular weight excluding hydrogens is 254 g/mol. The summed E-state index contributed by atoms with van der Waals surface area (Å²) in [7, 11) is 1.96. The van der Waals surface area contributed by atoms with Crippen LogP contribution < -0.4 is 5.32 Å². The normalized spacial score (nSPS) is 10.8. The van der Waals surface area contributed by atoms with Crippen molar-refractivity contribution in [2.24, 2.45) is 7.05 Å². The van der Waals surface area contributed by atoms with Crippen molar-refractivity contribution >= 4 is 28.2 Å². The second-order valence-corrected chi connectivity index (χ2v) is 5.63. The van der Waals surface area contributed by atoms with Gasteiger partial charge in [0, 0.05) is 13.6 Å². The van der Waals surface area contributed by atoms with E-state index in [1.165, 1.54) is 0 Å². The van der Waals surface area contributed by atoms with E-state index in [1.54, 1.807) is 23.1 Å². The molecule has 2 aromatic heterocycles. The van der Waals surface area contributed by atoms with Crippen molar-refractivity contribution in [3.05, 3.63) is 16.8 Å². The first-order valence-electron chi connectivity index (χ1n) is 5.38. The standard InChI is InChI=1S/C10H15N5S2/c1-4-11-10-13-12-8(17-10)6-16-9-5-7(2)14-15(9)3/h5H,4,6H2,1-3H3,(H,11,13). The number of anilines is 1. The molecule has 7 heteroatoms. The van der Waals surface area contributed by atoms with E-state index in [0.717, 1.165) is 33.2 Å². The fraction of sp³-hybridized carbons (Fsp3) is 0.500. The van der Waals surface area contributed by atoms with Gasteiger partial charge in [-0.15, -0.1) is 10.2 Å². The number of hydrogen-bond acceptors (Lipinski definition) is 6. The number of rotatable bonds is 5. The second kappa shape index (κ2) is 5.50. The van der Waals surface area contributed by atoms with Gasteiger partial charge in [0.15, 0.2) is 0 Å². The van der Waals surface area contributed by atoms with Crippen LogP contribution in [-0.2, 0) is 12.8 Å². The molecule has 0 atom stereocenters. The van der Waals surface area contributed by atoms with Gasteiger partial charge in [0.25, 0.3) is 0 Å². The quantitative estimate of drug-likeness (QED) is 0.844. The van der Waals surface area contributed by atoms with Crippen LogP contribution in [0.1, 0.15) is 17.6 Å². The molecule has 0 fully saturated rings. The molecule has 2 aromatic rings. The summed E-state index contributed by atoms with van der Waals surface area (Å²) >= 11 is 3.34. The maximum Gasteiger partial charge on any atom is 0.205 e. The lowest BCUT2D eigenvalue weighted by Crippen LogP contribution is -1.94. The first kappa shape index (κ1) is 12.4. The first-order valence-corrected chi connectivity index (χ1v) is 7.19. The van der Waals surface area contributed by atoms with Gasteiger partial charge in [0.1, 0.15) is 5.01 Å². The van der Waals surface area contributed by atoms with Gasteiger partial charge in [-0.25, -0.2) is 0 Å². The van der Waals surface area contributed by atoms with Crippen molar-refractivity contribution in [2.45, 2.75) is 24.6 Å². The van der Waals surface area contributed by atoms with Crippen molar-refractivity contribution in [1.82, 2.24) is 20.0 Å². The molecule has 0 amide bonds. The summed E-state index contributed by atoms with van der Waals surface area (Å²) in [4.78, 5) is 0. The van der Waals surface area contributed by atoms with Gasteiger partial charge in [-0.05, 0) is 19.9 Å². The van der Waals surface area contributed by atoms with Crippen LogP contribution in [-0.4, -0.2) is 26.5 Å². The number of aromatic nitrogens is 4. The van der Waals surface area contributed by atoms with Gasteiger partial charge in [0.2, 0.25) is 5.13 Å². The molecule has 0 unspecified atom stereocenters. The molecule has 0 aliphatic heterocycles. The van der Waals surface area contributed by atoms with Gasteiger partial charge < -0.3 is 5.32 Å². The number of nitrogens with zero attached hydrogens (tertiary/aromatic N) is 4. The minimum Gasteiger partial charge on any atom is -0.360 e. The van der Waals surface area contributed by atoms with E-state index < -0.39 is 0 Å². The highest BCUT2D eigenvalue weighted by Crippen LogP contribution is 2.25. The van der Waals surface area contributed by atoms with Crippen molar-refractivity contribution < 1.29 is 0 Å². The molecule has 0 aliphatic rings. The first-order chi connectivity index (χ1) is 8.19. The molecule has 2 heterocycles. The molecule has 1 N–H and O–H groups in total. The third-order valence-electron chi connectivity index (χ3n) is 2.10. The molecule has 0 spiro atoms. The van der Waals surface area contributed by atoms with E-state index in [4.69, 9.17) is 0 Å². The number of nitrogens with one attached hydrogen (secondary N) is 1. The third-order valence-corrected chi connectivity index (χ3v) is 4.26. The lowest BCUT2D eigenvalue weighted by Gasteiger charge is -1.98. The minimum atomic E-state index is 0.835. The molecule has 0 aromatic carbocycles. The second-order valence-electron chi connectivity index (χ2n) is 3.57. The van der Waals surface area contributed by atoms with Crippen LogP contribution >= 0.6 is 23.1 Å². The van der Waals surface area contributed by atoms with E-state index in [-0.39, 0.29) is 0 Å². The van der Waals surface area contributed by atoms with Crippen LogP contribution in [0, 0.1) is 6.92 Å². The Morgan fingerprint density at radius 1 is 1.47 bits per heavy atom. The van der Waals surface area contributed by atoms with E-state index in [1.807, 2.05) is 25.6 Å². The molecule has 0 saturated carbocycles. The Kier molecular flexibility index (Phi) is 4.01. The Labute approximate surface area is 109 Å². The minimum absolute atomic E-state index is 0.835. The fourth-order valence-corrected chi connectivity index (χ4v) is 3.22. The highest BCUT2D eigenvalue weighted by molar-refractivity contribution is 7.98. The van der Waals surface area contributed by atoms with Crippen LogP contribution in [0.25, 0.3) is 0 Å². The van der Waals surface area contributed by atoms with E-state index in [2.05, 4.69) is 26.7 Å². The predicted molar refractivity (Wildman–Crippen MR) is 71.6 cm³/mol. The Morgan fingerprint density at radius 3 is 2.94 bits per heavy atom. The maximum absolute atomic E-state index is 4.31. The highest BCUT2D eigenvalue weighted by atomic mass is 32.2. The molecule has 0 bridgehead atoms. The summed E-state index contributed by atoms with van der Waals surface area (Å²) in [5.74, 6) is 0.835. The largest absolute Gasteiger partial charge is 0.360 e. The van der Waals surface area contributed by atoms with Gasteiger partial charge >= 0.3 is 0 Å². The summed E-state index contributed by atoms with van der Waals surface area (Å²) in [6, 6.07) is 2.08. The molecule has 92 valence electrons. The molecule has 0 saturated heterocycles. The average molecular weight is 269 g/mol. The molecular formula is C10H15N5S2. The van der Waals surface area contributed by atoms with Crippen LogP contribution in [0.2, 0.25) is 0 Å². The predicted octanol–water partition coefficient (Wildman–Crippen LogP) is 2.30. The van der Waals surface area contributed by atoms with E-state index in [0.29, 0.717) is 0 Å². The van der Waals surface area contributed by atoms with E-state index in [9.17, 15) is 0 Å². The van der Waals surface area contributed by atoms with Crippen LogP contribution in [0.3, 0.4) is 0 Å². The van der Waals surface area contributed by atoms with Crippen LogP contribution in [0.5, 0.6) is 0 Å². The van der Waals surface area contributed by atoms with Gasteiger partial charge in [-0.2, -0.15) is 5.10 Å². The lowest BCUT2D eigenvalue weighted by atomic mass is 10.5. The number of thioether (sulfide) groups is 1. The maximum atomic E-state index is 4.31. The number of hydrogen-bond donors (Lipinski definition) is 1. The molecule has 5 nitrogen and oxygen atoms in total. The Hall–Kier alpha value is -1.08. The summed E-state index contributed by atoms with van der Waals surface area (Å²) < 4.78 is 1.90. The van der Waals surface area contributed by atoms with Gasteiger partial charge in [-0.1, -0.05) is 23.1 Å². The monoisotopic (exact) mass is 269 g/mol. The Bertz CT molecular complexity index is 491. The zero-order valence-corrected chi connectivity index (χ0v) is 11.7. The van der Waals surface area contributed by atoms with Crippen molar-refractivity contribution in [1.29, 1.82) is 0 Å². The molecule has 17 heavy (non-hydrogen) atoms. The molecule has 2 rings (SSSR count). The molecule has 0 radical (unpaired) electrons. The van der Waals surface area contributed by atoms with Crippen molar-refractivity contribution in [2.75, 3.05) is 11.9 Å². The summed E-state index contributed by atoms with van der Waals surface area (Å²) in [5, 5.41) is 18.8. The summed E-state index contributed by atoms with van der Waals surface area (Å²) in [6.45, 7) is 4.93. The lowest BCUT2D eigenvalue weighted by molar-refractivity contribution is 0.692. The average Bonchev–Trinajstić information content (AvgIpc) is 2.83. The fourth-order valence-electron chi connectivity index (χ4n) is 1.39. The van der Waals surface area contributed by atoms with Gasteiger partial charge in [-0.3, -0.25) is 4.68 Å². The topological polar surface area (TPSA) is 55.6 Å². The Balaban J connectivity index is 1.95. The van der Waals surface area contributed by atoms with Crippen LogP contribution in [0.15, 0.2) is 11.1 Å². The highest BCUT2D eigenvalue weighted by Gasteiger charge is 2.07. The SMILES string of the molecule is CCNc1nnc(CSc2cc(C)nn2C)s1. The van der Waals surface area contributed by atoms with Crippen molar-refractivity contribution in [3.8, 4) is 0 Å². The van der Waals surface area contributed by atoms with E-state index >= 15 is 0 Å². The number of aryl methyl sites for hydroxylation is 2. The Morgan fingerprint density at radius 2 is 2.29 bits per heavy atom. The molecule has 0 aliphatic carbocycles. The summed E-state index contributed by atoms with van der Waals surface area (Å²) in [5.41, 5.74) is 1.04.